The fourth-order valence-corrected chi connectivity index (χ4v) is 1.19. The van der Waals surface area contributed by atoms with Crippen LogP contribution in [-0.2, 0) is 9.53 Å². The molecule has 1 heterocycles. The van der Waals surface area contributed by atoms with Gasteiger partial charge in [-0.3, -0.25) is 0 Å². The first-order valence-corrected chi connectivity index (χ1v) is 4.49. The number of aromatic nitrogens is 1. The molecule has 0 amide bonds. The average Bonchev–Trinajstić information content (AvgIpc) is 2.57. The lowest BCUT2D eigenvalue weighted by atomic mass is 10.7. The molecule has 0 saturated carbocycles. The lowest BCUT2D eigenvalue weighted by molar-refractivity contribution is -0.145. The van der Waals surface area contributed by atoms with Crippen LogP contribution in [0.4, 0.5) is 4.39 Å². The molecule has 0 aliphatic carbocycles. The Balaban J connectivity index is 2.41. The third kappa shape index (κ3) is 3.06. The van der Waals surface area contributed by atoms with Crippen LogP contribution in [0.15, 0.2) is 22.1 Å². The SMILES string of the molecule is CCOC(=O)C(F)Sc1ncco1. The zero-order valence-corrected chi connectivity index (χ0v) is 7.71. The van der Waals surface area contributed by atoms with Gasteiger partial charge < -0.3 is 9.15 Å². The van der Waals surface area contributed by atoms with Crippen LogP contribution in [0, 0.1) is 0 Å². The number of alkyl halides is 1. The molecule has 4 nitrogen and oxygen atoms in total. The number of carbonyl (C=O) groups is 1. The Bertz CT molecular complexity index is 265. The first-order valence-electron chi connectivity index (χ1n) is 3.61. The normalized spacial score (nSPS) is 12.5. The zero-order valence-electron chi connectivity index (χ0n) is 6.90. The highest BCUT2D eigenvalue weighted by molar-refractivity contribution is 8.00. The van der Waals surface area contributed by atoms with E-state index < -0.39 is 11.5 Å². The zero-order chi connectivity index (χ0) is 9.68. The minimum Gasteiger partial charge on any atom is -0.463 e. The molecule has 0 aliphatic heterocycles. The van der Waals surface area contributed by atoms with Gasteiger partial charge in [0, 0.05) is 0 Å². The molecular formula is C7H8FNO3S. The molecule has 1 rings (SSSR count). The van der Waals surface area contributed by atoms with Crippen LogP contribution in [0.1, 0.15) is 6.92 Å². The molecule has 1 atom stereocenters. The fourth-order valence-electron chi connectivity index (χ4n) is 0.613. The van der Waals surface area contributed by atoms with E-state index in [0.717, 1.165) is 0 Å². The molecule has 1 aromatic rings. The summed E-state index contributed by atoms with van der Waals surface area (Å²) in [6.45, 7) is 1.77. The van der Waals surface area contributed by atoms with Gasteiger partial charge >= 0.3 is 5.97 Å². The van der Waals surface area contributed by atoms with Gasteiger partial charge in [0.15, 0.2) is 0 Å². The van der Waals surface area contributed by atoms with Crippen LogP contribution in [0.25, 0.3) is 0 Å². The molecular weight excluding hydrogens is 197 g/mol. The first-order chi connectivity index (χ1) is 6.24. The van der Waals surface area contributed by atoms with E-state index in [-0.39, 0.29) is 11.8 Å². The molecule has 72 valence electrons. The third-order valence-corrected chi connectivity index (χ3v) is 1.89. The molecule has 13 heavy (non-hydrogen) atoms. The maximum absolute atomic E-state index is 12.9. The lowest BCUT2D eigenvalue weighted by Gasteiger charge is -2.03. The summed E-state index contributed by atoms with van der Waals surface area (Å²) in [6.07, 6.45) is 2.68. The molecule has 0 saturated heterocycles. The standard InChI is InChI=1S/C7H8FNO3S/c1-2-11-6(10)5(8)13-7-9-3-4-12-7/h3-5H,2H2,1H3. The van der Waals surface area contributed by atoms with Crippen LogP contribution in [-0.4, -0.2) is 23.1 Å². The number of carbonyl (C=O) groups excluding carboxylic acids is 1. The molecule has 0 fully saturated rings. The fraction of sp³-hybridized carbons (Fsp3) is 0.429. The van der Waals surface area contributed by atoms with E-state index in [1.807, 2.05) is 0 Å². The van der Waals surface area contributed by atoms with E-state index in [2.05, 4.69) is 9.72 Å². The van der Waals surface area contributed by atoms with Crippen molar-refractivity contribution >= 4 is 17.7 Å². The molecule has 1 unspecified atom stereocenters. The average molecular weight is 205 g/mol. The van der Waals surface area contributed by atoms with E-state index in [4.69, 9.17) is 4.42 Å². The van der Waals surface area contributed by atoms with Crippen molar-refractivity contribution in [3.05, 3.63) is 12.5 Å². The van der Waals surface area contributed by atoms with Crippen molar-refractivity contribution in [2.45, 2.75) is 17.7 Å². The van der Waals surface area contributed by atoms with Gasteiger partial charge in [-0.05, 0) is 18.7 Å². The summed E-state index contributed by atoms with van der Waals surface area (Å²) < 4.78 is 22.1. The summed E-state index contributed by atoms with van der Waals surface area (Å²) in [7, 11) is 0. The highest BCUT2D eigenvalue weighted by Gasteiger charge is 2.21. The molecule has 0 aromatic carbocycles. The van der Waals surface area contributed by atoms with Crippen LogP contribution in [0.3, 0.4) is 0 Å². The summed E-state index contributed by atoms with van der Waals surface area (Å²) >= 11 is 0.579. The largest absolute Gasteiger partial charge is 0.463 e. The lowest BCUT2D eigenvalue weighted by Crippen LogP contribution is -2.15. The Morgan fingerprint density at radius 1 is 1.92 bits per heavy atom. The Morgan fingerprint density at radius 2 is 2.69 bits per heavy atom. The van der Waals surface area contributed by atoms with E-state index in [9.17, 15) is 9.18 Å². The Labute approximate surface area is 78.5 Å². The van der Waals surface area contributed by atoms with Crippen molar-refractivity contribution in [1.29, 1.82) is 0 Å². The van der Waals surface area contributed by atoms with Crippen molar-refractivity contribution in [3.63, 3.8) is 0 Å². The molecule has 0 N–H and O–H groups in total. The summed E-state index contributed by atoms with van der Waals surface area (Å²) in [5, 5.41) is 0.112. The summed E-state index contributed by atoms with van der Waals surface area (Å²) in [5.74, 6) is -0.911. The van der Waals surface area contributed by atoms with Crippen molar-refractivity contribution in [2.75, 3.05) is 6.61 Å². The van der Waals surface area contributed by atoms with Crippen molar-refractivity contribution in [2.24, 2.45) is 0 Å². The van der Waals surface area contributed by atoms with Gasteiger partial charge in [-0.2, -0.15) is 0 Å². The van der Waals surface area contributed by atoms with Gasteiger partial charge in [0.05, 0.1) is 12.8 Å². The van der Waals surface area contributed by atoms with E-state index in [1.54, 1.807) is 6.92 Å². The number of nitrogens with zero attached hydrogens (tertiary/aromatic N) is 1. The number of hydrogen-bond acceptors (Lipinski definition) is 5. The second kappa shape index (κ2) is 4.86. The van der Waals surface area contributed by atoms with Gasteiger partial charge in [0.25, 0.3) is 10.7 Å². The number of oxazole rings is 1. The van der Waals surface area contributed by atoms with Crippen LogP contribution < -0.4 is 0 Å². The van der Waals surface area contributed by atoms with E-state index in [0.29, 0.717) is 11.8 Å². The molecule has 0 bridgehead atoms. The molecule has 6 heteroatoms. The smallest absolute Gasteiger partial charge is 0.351 e. The minimum atomic E-state index is -1.78. The number of rotatable bonds is 4. The quantitative estimate of drug-likeness (QED) is 0.552. The number of halogens is 1. The first kappa shape index (κ1) is 10.0. The Morgan fingerprint density at radius 3 is 3.23 bits per heavy atom. The summed E-state index contributed by atoms with van der Waals surface area (Å²) in [6, 6.07) is 0. The second-order valence-electron chi connectivity index (χ2n) is 1.98. The van der Waals surface area contributed by atoms with Crippen LogP contribution in [0.2, 0.25) is 0 Å². The third-order valence-electron chi connectivity index (χ3n) is 1.09. The predicted octanol–water partition coefficient (Wildman–Crippen LogP) is 1.63. The van der Waals surface area contributed by atoms with Crippen molar-refractivity contribution < 1.29 is 18.3 Å². The molecule has 1 aromatic heterocycles. The second-order valence-corrected chi connectivity index (χ2v) is 2.98. The van der Waals surface area contributed by atoms with Gasteiger partial charge in [-0.25, -0.2) is 14.2 Å². The van der Waals surface area contributed by atoms with Gasteiger partial charge in [0.1, 0.15) is 6.26 Å². The summed E-state index contributed by atoms with van der Waals surface area (Å²) in [4.78, 5) is 14.4. The maximum atomic E-state index is 12.9. The highest BCUT2D eigenvalue weighted by Crippen LogP contribution is 2.22. The van der Waals surface area contributed by atoms with Crippen LogP contribution in [0.5, 0.6) is 0 Å². The highest BCUT2D eigenvalue weighted by atomic mass is 32.2. The van der Waals surface area contributed by atoms with Gasteiger partial charge in [0.2, 0.25) is 0 Å². The van der Waals surface area contributed by atoms with E-state index >= 15 is 0 Å². The van der Waals surface area contributed by atoms with Gasteiger partial charge in [-0.1, -0.05) is 0 Å². The molecule has 0 spiro atoms. The van der Waals surface area contributed by atoms with Crippen molar-refractivity contribution in [3.8, 4) is 0 Å². The maximum Gasteiger partial charge on any atom is 0.351 e. The number of esters is 1. The van der Waals surface area contributed by atoms with Crippen molar-refractivity contribution in [1.82, 2.24) is 4.98 Å². The van der Waals surface area contributed by atoms with Crippen LogP contribution >= 0.6 is 11.8 Å². The minimum absolute atomic E-state index is 0.112. The number of thioether (sulfide) groups is 1. The summed E-state index contributed by atoms with van der Waals surface area (Å²) in [5.41, 5.74) is -1.78. The Kier molecular flexibility index (Phi) is 3.75. The Hall–Kier alpha value is -1.04. The number of hydrogen-bond donors (Lipinski definition) is 0. The van der Waals surface area contributed by atoms with Gasteiger partial charge in [-0.15, -0.1) is 0 Å². The topological polar surface area (TPSA) is 52.3 Å². The van der Waals surface area contributed by atoms with E-state index in [1.165, 1.54) is 12.5 Å². The monoisotopic (exact) mass is 205 g/mol. The number of ether oxygens (including phenoxy) is 1. The molecule has 0 radical (unpaired) electrons. The molecule has 0 aliphatic rings. The predicted molar refractivity (Wildman–Crippen MR) is 43.9 cm³/mol.